The molecule has 10 heteroatoms. The Kier molecular flexibility index (Phi) is 4.88. The molecule has 126 valence electrons. The van der Waals surface area contributed by atoms with Gasteiger partial charge >= 0.3 is 0 Å². The van der Waals surface area contributed by atoms with Gasteiger partial charge in [0.2, 0.25) is 5.56 Å². The van der Waals surface area contributed by atoms with E-state index >= 15 is 0 Å². The minimum atomic E-state index is -4.10. The lowest BCUT2D eigenvalue weighted by molar-refractivity contribution is 0.600. The average molecular weight is 371 g/mol. The molecule has 0 saturated heterocycles. The van der Waals surface area contributed by atoms with Gasteiger partial charge in [-0.05, 0) is 35.4 Å². The van der Waals surface area contributed by atoms with Gasteiger partial charge in [0.15, 0.2) is 0 Å². The second kappa shape index (κ2) is 6.56. The zero-order valence-corrected chi connectivity index (χ0v) is 13.6. The van der Waals surface area contributed by atoms with Gasteiger partial charge in [0.25, 0.3) is 10.2 Å². The Hall–Kier alpha value is -2.49. The van der Waals surface area contributed by atoms with E-state index in [2.05, 4.69) is 9.97 Å². The van der Waals surface area contributed by atoms with Crippen LogP contribution in [0.5, 0.6) is 0 Å². The molecule has 0 spiro atoms. The highest BCUT2D eigenvalue weighted by Crippen LogP contribution is 2.29. The highest BCUT2D eigenvalue weighted by atomic mass is 35.5. The van der Waals surface area contributed by atoms with Gasteiger partial charge in [0.05, 0.1) is 5.69 Å². The minimum Gasteiger partial charge on any atom is -0.307 e. The van der Waals surface area contributed by atoms with Crippen LogP contribution in [0.25, 0.3) is 22.2 Å². The fourth-order valence-electron chi connectivity index (χ4n) is 2.23. The van der Waals surface area contributed by atoms with Crippen molar-refractivity contribution in [1.82, 2.24) is 9.97 Å². The summed E-state index contributed by atoms with van der Waals surface area (Å²) in [6.07, 6.45) is 1.49. The first-order valence-corrected chi connectivity index (χ1v) is 7.97. The number of aromatic amines is 1. The molecule has 24 heavy (non-hydrogen) atoms. The van der Waals surface area contributed by atoms with Crippen LogP contribution in [0.3, 0.4) is 0 Å². The molecule has 0 amide bonds. The minimum absolute atomic E-state index is 0. The lowest BCUT2D eigenvalue weighted by Gasteiger charge is -2.10. The summed E-state index contributed by atoms with van der Waals surface area (Å²) in [7, 11) is -4.10. The number of aromatic nitrogens is 2. The molecule has 0 aliphatic rings. The Morgan fingerprint density at radius 2 is 1.92 bits per heavy atom. The monoisotopic (exact) mass is 370 g/mol. The van der Waals surface area contributed by atoms with E-state index in [-0.39, 0.29) is 23.7 Å². The van der Waals surface area contributed by atoms with Crippen molar-refractivity contribution in [3.05, 3.63) is 58.8 Å². The van der Waals surface area contributed by atoms with Gasteiger partial charge in [-0.1, -0.05) is 6.07 Å². The number of anilines is 1. The van der Waals surface area contributed by atoms with Crippen LogP contribution in [0.15, 0.2) is 47.4 Å². The zero-order valence-electron chi connectivity index (χ0n) is 12.0. The number of pyridine rings is 2. The maximum atomic E-state index is 13.7. The Labute approximate surface area is 142 Å². The molecule has 2 aromatic heterocycles. The number of H-pyrrole nitrogens is 1. The zero-order chi connectivity index (χ0) is 16.6. The normalized spacial score (nSPS) is 11.1. The van der Waals surface area contributed by atoms with E-state index in [1.54, 1.807) is 12.1 Å². The van der Waals surface area contributed by atoms with Crippen molar-refractivity contribution in [2.45, 2.75) is 0 Å². The van der Waals surface area contributed by atoms with Crippen molar-refractivity contribution >= 4 is 39.3 Å². The van der Waals surface area contributed by atoms with E-state index in [4.69, 9.17) is 5.14 Å². The van der Waals surface area contributed by atoms with Crippen LogP contribution < -0.4 is 15.4 Å². The van der Waals surface area contributed by atoms with Gasteiger partial charge in [-0.15, -0.1) is 12.4 Å². The fourth-order valence-corrected chi connectivity index (χ4v) is 2.70. The second-order valence-electron chi connectivity index (χ2n) is 4.79. The quantitative estimate of drug-likeness (QED) is 0.651. The first-order chi connectivity index (χ1) is 10.8. The predicted octanol–water partition coefficient (Wildman–Crippen LogP) is 1.77. The lowest BCUT2D eigenvalue weighted by Crippen LogP contribution is -2.22. The number of hydrogen-bond donors (Lipinski definition) is 3. The summed E-state index contributed by atoms with van der Waals surface area (Å²) in [6, 6.07) is 8.55. The molecule has 4 N–H and O–H groups in total. The predicted molar refractivity (Wildman–Crippen MR) is 91.7 cm³/mol. The third kappa shape index (κ3) is 3.70. The summed E-state index contributed by atoms with van der Waals surface area (Å²) in [5.74, 6) is -0.755. The Bertz CT molecular complexity index is 1070. The number of rotatable bonds is 3. The van der Waals surface area contributed by atoms with Gasteiger partial charge in [-0.25, -0.2) is 14.5 Å². The number of benzene rings is 1. The van der Waals surface area contributed by atoms with Crippen molar-refractivity contribution in [2.75, 3.05) is 4.72 Å². The van der Waals surface area contributed by atoms with Crippen molar-refractivity contribution in [1.29, 1.82) is 0 Å². The van der Waals surface area contributed by atoms with E-state index in [1.807, 2.05) is 4.72 Å². The number of nitrogens with zero attached hydrogens (tertiary/aromatic N) is 1. The van der Waals surface area contributed by atoms with E-state index in [9.17, 15) is 17.6 Å². The Balaban J connectivity index is 0.00000208. The molecule has 3 rings (SSSR count). The summed E-state index contributed by atoms with van der Waals surface area (Å²) in [5.41, 5.74) is 1.01. The van der Waals surface area contributed by atoms with Crippen LogP contribution >= 0.6 is 12.4 Å². The number of nitrogens with one attached hydrogen (secondary N) is 2. The molecule has 0 radical (unpaired) electrons. The number of halogens is 2. The van der Waals surface area contributed by atoms with Crippen molar-refractivity contribution in [3.63, 3.8) is 0 Å². The molecule has 0 saturated carbocycles. The average Bonchev–Trinajstić information content (AvgIpc) is 2.47. The molecule has 0 aliphatic carbocycles. The van der Waals surface area contributed by atoms with Crippen LogP contribution in [0.4, 0.5) is 10.1 Å². The number of fused-ring (bicyclic) bond motifs is 1. The Morgan fingerprint density at radius 3 is 2.62 bits per heavy atom. The summed E-state index contributed by atoms with van der Waals surface area (Å²) in [6.45, 7) is 0. The van der Waals surface area contributed by atoms with Crippen LogP contribution in [0.2, 0.25) is 0 Å². The Morgan fingerprint density at radius 1 is 1.17 bits per heavy atom. The molecule has 1 aromatic carbocycles. The van der Waals surface area contributed by atoms with Crippen LogP contribution in [0.1, 0.15) is 0 Å². The molecular formula is C14H12ClFN4O3S. The number of nitrogens with two attached hydrogens (primary N) is 1. The van der Waals surface area contributed by atoms with E-state index < -0.39 is 16.0 Å². The topological polar surface area (TPSA) is 118 Å². The van der Waals surface area contributed by atoms with E-state index in [1.165, 1.54) is 24.4 Å². The highest BCUT2D eigenvalue weighted by Gasteiger charge is 2.11. The van der Waals surface area contributed by atoms with Crippen molar-refractivity contribution in [3.8, 4) is 11.1 Å². The maximum absolute atomic E-state index is 13.7. The SMILES string of the molecule is Cl.NS(=O)(=O)Nc1cc(-c2ccnc3[nH]c(=O)ccc23)ccc1F. The molecule has 0 aliphatic heterocycles. The fraction of sp³-hybridized carbons (Fsp3) is 0. The number of hydrogen-bond acceptors (Lipinski definition) is 4. The van der Waals surface area contributed by atoms with Gasteiger partial charge in [-0.2, -0.15) is 8.42 Å². The molecule has 2 heterocycles. The largest absolute Gasteiger partial charge is 0.307 e. The first kappa shape index (κ1) is 17.9. The smallest absolute Gasteiger partial charge is 0.296 e. The molecule has 0 bridgehead atoms. The standard InChI is InChI=1S/C14H11FN4O3S.ClH/c15-11-3-1-8(7-12(11)19-23(16,21)22)9-5-6-17-14-10(9)2-4-13(20)18-14;/h1-7,19H,(H2,16,21,22)(H,17,18,20);1H. The van der Waals surface area contributed by atoms with Crippen LogP contribution in [-0.4, -0.2) is 18.4 Å². The van der Waals surface area contributed by atoms with Gasteiger partial charge in [-0.3, -0.25) is 9.52 Å². The summed E-state index contributed by atoms with van der Waals surface area (Å²) in [5, 5.41) is 5.52. The molecular weight excluding hydrogens is 359 g/mol. The molecule has 3 aromatic rings. The van der Waals surface area contributed by atoms with Gasteiger partial charge < -0.3 is 4.98 Å². The lowest BCUT2D eigenvalue weighted by atomic mass is 10.0. The first-order valence-electron chi connectivity index (χ1n) is 6.42. The third-order valence-electron chi connectivity index (χ3n) is 3.16. The van der Waals surface area contributed by atoms with Crippen molar-refractivity contribution < 1.29 is 12.8 Å². The molecule has 0 fully saturated rings. The molecule has 0 atom stereocenters. The summed E-state index contributed by atoms with van der Waals surface area (Å²) in [4.78, 5) is 18.0. The van der Waals surface area contributed by atoms with Gasteiger partial charge in [0.1, 0.15) is 11.5 Å². The second-order valence-corrected chi connectivity index (χ2v) is 6.08. The summed E-state index contributed by atoms with van der Waals surface area (Å²) < 4.78 is 37.9. The van der Waals surface area contributed by atoms with E-state index in [0.29, 0.717) is 22.2 Å². The summed E-state index contributed by atoms with van der Waals surface area (Å²) >= 11 is 0. The van der Waals surface area contributed by atoms with Crippen LogP contribution in [0, 0.1) is 5.82 Å². The van der Waals surface area contributed by atoms with Gasteiger partial charge in [0, 0.05) is 17.6 Å². The van der Waals surface area contributed by atoms with Crippen LogP contribution in [-0.2, 0) is 10.2 Å². The van der Waals surface area contributed by atoms with E-state index in [0.717, 1.165) is 6.07 Å². The van der Waals surface area contributed by atoms with Crippen molar-refractivity contribution in [2.24, 2.45) is 5.14 Å². The molecule has 0 unspecified atom stereocenters. The maximum Gasteiger partial charge on any atom is 0.296 e. The molecule has 7 nitrogen and oxygen atoms in total. The highest BCUT2D eigenvalue weighted by molar-refractivity contribution is 7.90. The third-order valence-corrected chi connectivity index (χ3v) is 3.67.